The number of aromatic hydroxyl groups is 1. The highest BCUT2D eigenvalue weighted by Crippen LogP contribution is 2.19. The van der Waals surface area contributed by atoms with Crippen molar-refractivity contribution in [3.8, 4) is 5.75 Å². The highest BCUT2D eigenvalue weighted by Gasteiger charge is 2.20. The molecule has 0 bridgehead atoms. The maximum absolute atomic E-state index is 11.2. The van der Waals surface area contributed by atoms with Crippen LogP contribution < -0.4 is 5.43 Å². The Morgan fingerprint density at radius 1 is 1.50 bits per heavy atom. The molecule has 0 aromatic carbocycles. The molecule has 5 heteroatoms. The second-order valence-electron chi connectivity index (χ2n) is 4.87. The molecular weight excluding hydrogens is 296 g/mol. The molecule has 0 aliphatic carbocycles. The van der Waals surface area contributed by atoms with E-state index >= 15 is 0 Å². The van der Waals surface area contributed by atoms with Gasteiger partial charge in [0.1, 0.15) is 0 Å². The molecule has 2 rings (SSSR count). The van der Waals surface area contributed by atoms with Crippen LogP contribution in [0, 0.1) is 6.92 Å². The lowest BCUT2D eigenvalue weighted by Crippen LogP contribution is -2.26. The molecule has 18 heavy (non-hydrogen) atoms. The van der Waals surface area contributed by atoms with Crippen molar-refractivity contribution in [2.75, 3.05) is 13.6 Å². The van der Waals surface area contributed by atoms with Crippen LogP contribution in [0.5, 0.6) is 5.75 Å². The molecule has 1 aliphatic rings. The van der Waals surface area contributed by atoms with E-state index in [-0.39, 0.29) is 28.2 Å². The number of pyridine rings is 1. The van der Waals surface area contributed by atoms with Crippen LogP contribution in [-0.2, 0) is 6.54 Å². The van der Waals surface area contributed by atoms with Gasteiger partial charge in [-0.1, -0.05) is 0 Å². The molecule has 1 aromatic rings. The summed E-state index contributed by atoms with van der Waals surface area (Å²) in [6.07, 6.45) is 5.36. The molecule has 4 nitrogen and oxygen atoms in total. The zero-order valence-corrected chi connectivity index (χ0v) is 12.6. The largest absolute Gasteiger partial charge is 0.503 e. The zero-order chi connectivity index (χ0) is 12.4. The van der Waals surface area contributed by atoms with Gasteiger partial charge < -0.3 is 14.6 Å². The molecule has 0 amide bonds. The van der Waals surface area contributed by atoms with Crippen molar-refractivity contribution in [1.82, 2.24) is 9.47 Å². The van der Waals surface area contributed by atoms with Crippen LogP contribution in [0.4, 0.5) is 0 Å². The topological polar surface area (TPSA) is 45.5 Å². The average molecular weight is 317 g/mol. The molecule has 0 saturated carbocycles. The lowest BCUT2D eigenvalue weighted by molar-refractivity contribution is 0.285. The van der Waals surface area contributed by atoms with E-state index in [0.717, 1.165) is 13.0 Å². The van der Waals surface area contributed by atoms with Crippen molar-refractivity contribution in [2.45, 2.75) is 38.8 Å². The fourth-order valence-corrected chi connectivity index (χ4v) is 2.54. The van der Waals surface area contributed by atoms with Crippen molar-refractivity contribution in [2.24, 2.45) is 0 Å². The predicted molar refractivity (Wildman–Crippen MR) is 77.7 cm³/mol. The molecule has 2 heterocycles. The van der Waals surface area contributed by atoms with E-state index in [2.05, 4.69) is 11.9 Å². The van der Waals surface area contributed by atoms with Crippen LogP contribution in [0.3, 0.4) is 0 Å². The Hall–Kier alpha value is -0.810. The van der Waals surface area contributed by atoms with Crippen molar-refractivity contribution in [1.29, 1.82) is 0 Å². The molecule has 1 unspecified atom stereocenters. The number of rotatable bonds is 3. The monoisotopic (exact) mass is 316 g/mol. The highest BCUT2D eigenvalue weighted by atomic mass is 79.9. The molecule has 0 radical (unpaired) electrons. The van der Waals surface area contributed by atoms with Gasteiger partial charge in [-0.3, -0.25) is 4.79 Å². The SMILES string of the molecule is Br.Cc1c(O)c(=O)ccn1CCC1CCCN1C. The van der Waals surface area contributed by atoms with Gasteiger partial charge in [0.25, 0.3) is 0 Å². The third-order valence-corrected chi connectivity index (χ3v) is 3.79. The summed E-state index contributed by atoms with van der Waals surface area (Å²) in [5.74, 6) is -0.118. The number of aromatic nitrogens is 1. The van der Waals surface area contributed by atoms with Crippen LogP contribution in [0.1, 0.15) is 25.0 Å². The Balaban J connectivity index is 0.00000162. The van der Waals surface area contributed by atoms with E-state index in [1.165, 1.54) is 25.5 Å². The molecule has 0 spiro atoms. The van der Waals surface area contributed by atoms with Gasteiger partial charge in [-0.25, -0.2) is 0 Å². The first kappa shape index (κ1) is 15.2. The van der Waals surface area contributed by atoms with Crippen molar-refractivity contribution >= 4 is 17.0 Å². The van der Waals surface area contributed by atoms with Crippen molar-refractivity contribution < 1.29 is 5.11 Å². The summed E-state index contributed by atoms with van der Waals surface area (Å²) in [6, 6.07) is 2.07. The van der Waals surface area contributed by atoms with Crippen LogP contribution in [0.25, 0.3) is 0 Å². The third-order valence-electron chi connectivity index (χ3n) is 3.79. The maximum Gasteiger partial charge on any atom is 0.223 e. The lowest BCUT2D eigenvalue weighted by Gasteiger charge is -2.20. The Morgan fingerprint density at radius 2 is 2.22 bits per heavy atom. The number of likely N-dealkylation sites (tertiary alicyclic amines) is 1. The molecule has 1 N–H and O–H groups in total. The van der Waals surface area contributed by atoms with Crippen molar-refractivity contribution in [3.05, 3.63) is 28.2 Å². The first-order valence-electron chi connectivity index (χ1n) is 6.19. The number of nitrogens with zero attached hydrogens (tertiary/aromatic N) is 2. The number of halogens is 1. The summed E-state index contributed by atoms with van der Waals surface area (Å²) < 4.78 is 1.96. The smallest absolute Gasteiger partial charge is 0.223 e. The third kappa shape index (κ3) is 3.14. The average Bonchev–Trinajstić information content (AvgIpc) is 2.71. The van der Waals surface area contributed by atoms with Crippen LogP contribution in [0.2, 0.25) is 0 Å². The van der Waals surface area contributed by atoms with Crippen molar-refractivity contribution in [3.63, 3.8) is 0 Å². The molecule has 1 saturated heterocycles. The molecule has 1 aliphatic heterocycles. The second-order valence-corrected chi connectivity index (χ2v) is 4.87. The maximum atomic E-state index is 11.2. The predicted octanol–water partition coefficient (Wildman–Crippen LogP) is 1.92. The van der Waals surface area contributed by atoms with Crippen LogP contribution in [0.15, 0.2) is 17.1 Å². The number of hydrogen-bond donors (Lipinski definition) is 1. The van der Waals surface area contributed by atoms with E-state index in [9.17, 15) is 9.90 Å². The zero-order valence-electron chi connectivity index (χ0n) is 10.9. The molecule has 1 aromatic heterocycles. The quantitative estimate of drug-likeness (QED) is 0.926. The highest BCUT2D eigenvalue weighted by molar-refractivity contribution is 8.93. The Kier molecular flexibility index (Phi) is 5.41. The van der Waals surface area contributed by atoms with Gasteiger partial charge in [-0.2, -0.15) is 0 Å². The Bertz CT molecular complexity index is 459. The summed E-state index contributed by atoms with van der Waals surface area (Å²) in [4.78, 5) is 13.6. The standard InChI is InChI=1S/C13H20N2O2.BrH/c1-10-13(17)12(16)6-9-15(10)8-5-11-4-3-7-14(11)2;/h6,9,11,17H,3-5,7-8H2,1-2H3;1H. The van der Waals surface area contributed by atoms with E-state index in [1.54, 1.807) is 13.1 Å². The normalized spacial score (nSPS) is 19.8. The van der Waals surface area contributed by atoms with Gasteiger partial charge >= 0.3 is 0 Å². The van der Waals surface area contributed by atoms with Crippen LogP contribution >= 0.6 is 17.0 Å². The Labute approximate surface area is 118 Å². The van der Waals surface area contributed by atoms with Gasteiger partial charge in [-0.05, 0) is 39.8 Å². The molecule has 1 fully saturated rings. The first-order chi connectivity index (χ1) is 8.09. The first-order valence-corrected chi connectivity index (χ1v) is 6.19. The summed E-state index contributed by atoms with van der Waals surface area (Å²) in [7, 11) is 2.16. The summed E-state index contributed by atoms with van der Waals surface area (Å²) >= 11 is 0. The van der Waals surface area contributed by atoms with E-state index in [1.807, 2.05) is 4.57 Å². The minimum absolute atomic E-state index is 0. The second kappa shape index (κ2) is 6.38. The number of hydrogen-bond acceptors (Lipinski definition) is 3. The van der Waals surface area contributed by atoms with Gasteiger partial charge in [0.15, 0.2) is 5.75 Å². The Morgan fingerprint density at radius 3 is 2.83 bits per heavy atom. The van der Waals surface area contributed by atoms with Gasteiger partial charge in [-0.15, -0.1) is 17.0 Å². The van der Waals surface area contributed by atoms with Gasteiger partial charge in [0, 0.05) is 24.8 Å². The minimum Gasteiger partial charge on any atom is -0.503 e. The summed E-state index contributed by atoms with van der Waals surface area (Å²) in [5, 5.41) is 9.59. The van der Waals surface area contributed by atoms with Gasteiger partial charge in [0.2, 0.25) is 5.43 Å². The van der Waals surface area contributed by atoms with Gasteiger partial charge in [0.05, 0.1) is 5.69 Å². The molecule has 102 valence electrons. The fraction of sp³-hybridized carbons (Fsp3) is 0.615. The molecule has 1 atom stereocenters. The van der Waals surface area contributed by atoms with Crippen LogP contribution in [-0.4, -0.2) is 34.2 Å². The van der Waals surface area contributed by atoms with E-state index in [0.29, 0.717) is 11.7 Å². The van der Waals surface area contributed by atoms with E-state index < -0.39 is 0 Å². The molecular formula is C13H21BrN2O2. The lowest BCUT2D eigenvalue weighted by atomic mass is 10.1. The number of aryl methyl sites for hydroxylation is 1. The minimum atomic E-state index is -0.295. The van der Waals surface area contributed by atoms with E-state index in [4.69, 9.17) is 0 Å². The summed E-state index contributed by atoms with van der Waals surface area (Å²) in [6.45, 7) is 3.82. The summed E-state index contributed by atoms with van der Waals surface area (Å²) in [5.41, 5.74) is 0.370. The fourth-order valence-electron chi connectivity index (χ4n) is 2.54.